The van der Waals surface area contributed by atoms with Gasteiger partial charge in [-0.3, -0.25) is 9.59 Å². The normalized spacial score (nSPS) is 13.8. The van der Waals surface area contributed by atoms with Crippen molar-refractivity contribution in [2.45, 2.75) is 0 Å². The second-order valence-corrected chi connectivity index (χ2v) is 4.27. The third kappa shape index (κ3) is 1.63. The SMILES string of the molecule is Nc1ccc2c(c1)C(=O)N(c1ccc(O)cc1)C2=O. The lowest BCUT2D eigenvalue weighted by Gasteiger charge is -2.13. The third-order valence-corrected chi connectivity index (χ3v) is 3.02. The summed E-state index contributed by atoms with van der Waals surface area (Å²) < 4.78 is 0. The van der Waals surface area contributed by atoms with E-state index in [0.29, 0.717) is 22.5 Å². The van der Waals surface area contributed by atoms with Gasteiger partial charge in [-0.15, -0.1) is 0 Å². The van der Waals surface area contributed by atoms with Crippen molar-refractivity contribution < 1.29 is 14.7 Å². The lowest BCUT2D eigenvalue weighted by Crippen LogP contribution is -2.29. The number of imide groups is 1. The number of hydrogen-bond donors (Lipinski definition) is 2. The minimum Gasteiger partial charge on any atom is -0.508 e. The van der Waals surface area contributed by atoms with Crippen molar-refractivity contribution in [3.05, 3.63) is 53.6 Å². The van der Waals surface area contributed by atoms with Crippen molar-refractivity contribution in [1.82, 2.24) is 0 Å². The van der Waals surface area contributed by atoms with E-state index in [1.54, 1.807) is 12.1 Å². The molecule has 0 aromatic heterocycles. The molecule has 1 heterocycles. The Hall–Kier alpha value is -2.82. The number of phenols is 1. The second-order valence-electron chi connectivity index (χ2n) is 4.27. The fourth-order valence-electron chi connectivity index (χ4n) is 2.09. The number of phenolic OH excluding ortho intramolecular Hbond substituents is 1. The Morgan fingerprint density at radius 1 is 0.895 bits per heavy atom. The van der Waals surface area contributed by atoms with Crippen LogP contribution in [0, 0.1) is 0 Å². The van der Waals surface area contributed by atoms with Crippen molar-refractivity contribution in [3.8, 4) is 5.75 Å². The number of amides is 2. The van der Waals surface area contributed by atoms with E-state index in [1.807, 2.05) is 0 Å². The molecule has 0 spiro atoms. The zero-order chi connectivity index (χ0) is 13.6. The Morgan fingerprint density at radius 2 is 1.53 bits per heavy atom. The summed E-state index contributed by atoms with van der Waals surface area (Å²) in [4.78, 5) is 25.5. The number of aromatic hydroxyl groups is 1. The Morgan fingerprint density at radius 3 is 2.21 bits per heavy atom. The molecule has 94 valence electrons. The van der Waals surface area contributed by atoms with Gasteiger partial charge in [0.1, 0.15) is 5.75 Å². The van der Waals surface area contributed by atoms with E-state index in [4.69, 9.17) is 5.73 Å². The van der Waals surface area contributed by atoms with Crippen molar-refractivity contribution in [3.63, 3.8) is 0 Å². The summed E-state index contributed by atoms with van der Waals surface area (Å²) in [7, 11) is 0. The van der Waals surface area contributed by atoms with E-state index in [9.17, 15) is 14.7 Å². The van der Waals surface area contributed by atoms with Gasteiger partial charge in [0.05, 0.1) is 16.8 Å². The van der Waals surface area contributed by atoms with Gasteiger partial charge in [0.15, 0.2) is 0 Å². The predicted molar refractivity (Wildman–Crippen MR) is 70.1 cm³/mol. The summed E-state index contributed by atoms with van der Waals surface area (Å²) in [6.45, 7) is 0. The molecular weight excluding hydrogens is 244 g/mol. The molecular formula is C14H10N2O3. The Bertz CT molecular complexity index is 692. The van der Waals surface area contributed by atoms with Crippen LogP contribution in [0.25, 0.3) is 0 Å². The minimum atomic E-state index is -0.405. The summed E-state index contributed by atoms with van der Waals surface area (Å²) in [6, 6.07) is 10.5. The molecule has 3 N–H and O–H groups in total. The van der Waals surface area contributed by atoms with Crippen LogP contribution >= 0.6 is 0 Å². The number of nitrogens with zero attached hydrogens (tertiary/aromatic N) is 1. The van der Waals surface area contributed by atoms with Crippen LogP contribution in [-0.2, 0) is 0 Å². The first-order chi connectivity index (χ1) is 9.08. The molecule has 0 fully saturated rings. The molecule has 19 heavy (non-hydrogen) atoms. The van der Waals surface area contributed by atoms with Crippen LogP contribution in [0.2, 0.25) is 0 Å². The Balaban J connectivity index is 2.10. The lowest BCUT2D eigenvalue weighted by molar-refractivity contribution is 0.0926. The van der Waals surface area contributed by atoms with E-state index in [2.05, 4.69) is 0 Å². The van der Waals surface area contributed by atoms with Gasteiger partial charge in [-0.05, 0) is 42.5 Å². The van der Waals surface area contributed by atoms with Crippen LogP contribution in [0.3, 0.4) is 0 Å². The van der Waals surface area contributed by atoms with Crippen molar-refractivity contribution >= 4 is 23.2 Å². The number of anilines is 2. The highest BCUT2D eigenvalue weighted by Crippen LogP contribution is 2.30. The zero-order valence-electron chi connectivity index (χ0n) is 9.83. The van der Waals surface area contributed by atoms with E-state index >= 15 is 0 Å². The van der Waals surface area contributed by atoms with E-state index < -0.39 is 5.91 Å². The number of fused-ring (bicyclic) bond motifs is 1. The maximum atomic E-state index is 12.2. The van der Waals surface area contributed by atoms with E-state index in [-0.39, 0.29) is 11.7 Å². The van der Waals surface area contributed by atoms with Gasteiger partial charge in [-0.25, -0.2) is 4.90 Å². The van der Waals surface area contributed by atoms with Gasteiger partial charge in [-0.1, -0.05) is 0 Å². The standard InChI is InChI=1S/C14H10N2O3/c15-8-1-6-11-12(7-8)14(19)16(13(11)18)9-2-4-10(17)5-3-9/h1-7,17H,15H2. The van der Waals surface area contributed by atoms with Gasteiger partial charge in [0.2, 0.25) is 0 Å². The van der Waals surface area contributed by atoms with Gasteiger partial charge in [0.25, 0.3) is 11.8 Å². The summed E-state index contributed by atoms with van der Waals surface area (Å²) >= 11 is 0. The number of benzene rings is 2. The fourth-order valence-corrected chi connectivity index (χ4v) is 2.09. The first-order valence-corrected chi connectivity index (χ1v) is 5.65. The highest BCUT2D eigenvalue weighted by atomic mass is 16.3. The largest absolute Gasteiger partial charge is 0.508 e. The molecule has 0 saturated carbocycles. The molecule has 3 rings (SSSR count). The number of rotatable bonds is 1. The molecule has 0 saturated heterocycles. The molecule has 0 unspecified atom stereocenters. The molecule has 0 radical (unpaired) electrons. The van der Waals surface area contributed by atoms with Crippen LogP contribution in [0.1, 0.15) is 20.7 Å². The minimum absolute atomic E-state index is 0.0737. The fraction of sp³-hybridized carbons (Fsp3) is 0. The topological polar surface area (TPSA) is 83.6 Å². The predicted octanol–water partition coefficient (Wildman–Crippen LogP) is 1.77. The average Bonchev–Trinajstić information content (AvgIpc) is 2.63. The van der Waals surface area contributed by atoms with Gasteiger partial charge in [0, 0.05) is 5.69 Å². The van der Waals surface area contributed by atoms with Crippen LogP contribution < -0.4 is 10.6 Å². The number of carbonyl (C=O) groups is 2. The molecule has 5 heteroatoms. The van der Waals surface area contributed by atoms with Crippen molar-refractivity contribution in [2.24, 2.45) is 0 Å². The Kier molecular flexibility index (Phi) is 2.28. The average molecular weight is 254 g/mol. The number of carbonyl (C=O) groups excluding carboxylic acids is 2. The maximum absolute atomic E-state index is 12.2. The molecule has 5 nitrogen and oxygen atoms in total. The summed E-state index contributed by atoms with van der Waals surface area (Å²) in [6.07, 6.45) is 0. The summed E-state index contributed by atoms with van der Waals surface area (Å²) in [5.41, 5.74) is 7.13. The third-order valence-electron chi connectivity index (χ3n) is 3.02. The van der Waals surface area contributed by atoms with Gasteiger partial charge >= 0.3 is 0 Å². The molecule has 1 aliphatic rings. The van der Waals surface area contributed by atoms with Gasteiger partial charge in [-0.2, -0.15) is 0 Å². The number of hydrogen-bond acceptors (Lipinski definition) is 4. The summed E-state index contributed by atoms with van der Waals surface area (Å²) in [5, 5.41) is 9.24. The van der Waals surface area contributed by atoms with Gasteiger partial charge < -0.3 is 10.8 Å². The number of nitrogens with two attached hydrogens (primary N) is 1. The van der Waals surface area contributed by atoms with Crippen molar-refractivity contribution in [2.75, 3.05) is 10.6 Å². The molecule has 2 aromatic rings. The smallest absolute Gasteiger partial charge is 0.266 e. The van der Waals surface area contributed by atoms with Crippen LogP contribution in [0.4, 0.5) is 11.4 Å². The first-order valence-electron chi connectivity index (χ1n) is 5.65. The monoisotopic (exact) mass is 254 g/mol. The van der Waals surface area contributed by atoms with Crippen LogP contribution in [0.5, 0.6) is 5.75 Å². The second kappa shape index (κ2) is 3.84. The van der Waals surface area contributed by atoms with Crippen LogP contribution in [-0.4, -0.2) is 16.9 Å². The van der Waals surface area contributed by atoms with E-state index in [1.165, 1.54) is 30.3 Å². The molecule has 0 aliphatic carbocycles. The molecule has 2 aromatic carbocycles. The maximum Gasteiger partial charge on any atom is 0.266 e. The van der Waals surface area contributed by atoms with Crippen LogP contribution in [0.15, 0.2) is 42.5 Å². The Labute approximate surface area is 108 Å². The molecule has 1 aliphatic heterocycles. The highest BCUT2D eigenvalue weighted by Gasteiger charge is 2.36. The van der Waals surface area contributed by atoms with E-state index in [0.717, 1.165) is 4.90 Å². The molecule has 0 atom stereocenters. The lowest BCUT2D eigenvalue weighted by atomic mass is 10.1. The zero-order valence-corrected chi connectivity index (χ0v) is 9.83. The summed E-state index contributed by atoms with van der Waals surface area (Å²) in [5.74, 6) is -0.715. The number of nitrogen functional groups attached to an aromatic ring is 1. The first kappa shape index (κ1) is 11.3. The quantitative estimate of drug-likeness (QED) is 0.600. The molecule has 2 amide bonds. The van der Waals surface area contributed by atoms with Crippen molar-refractivity contribution in [1.29, 1.82) is 0 Å². The molecule has 0 bridgehead atoms. The highest BCUT2D eigenvalue weighted by molar-refractivity contribution is 6.34.